The Bertz CT molecular complexity index is 172. The van der Waals surface area contributed by atoms with Crippen LogP contribution in [0, 0.1) is 6.54 Å². The van der Waals surface area contributed by atoms with E-state index in [0.717, 1.165) is 32.5 Å². The van der Waals surface area contributed by atoms with Crippen molar-refractivity contribution < 1.29 is 4.39 Å². The lowest BCUT2D eigenvalue weighted by molar-refractivity contribution is 0.144. The van der Waals surface area contributed by atoms with Gasteiger partial charge in [0.1, 0.15) is 6.17 Å². The van der Waals surface area contributed by atoms with Crippen LogP contribution in [0.2, 0.25) is 0 Å². The normalized spacial score (nSPS) is 27.0. The number of hydrogen-bond acceptors (Lipinski definition) is 2. The molecule has 0 aromatic heterocycles. The highest BCUT2D eigenvalue weighted by atomic mass is 19.1. The van der Waals surface area contributed by atoms with Crippen molar-refractivity contribution in [2.75, 3.05) is 32.7 Å². The first-order valence-corrected chi connectivity index (χ1v) is 6.28. The Kier molecular flexibility index (Phi) is 4.39. The first-order valence-electron chi connectivity index (χ1n) is 6.28. The van der Waals surface area contributed by atoms with Gasteiger partial charge >= 0.3 is 0 Å². The predicted octanol–water partition coefficient (Wildman–Crippen LogP) is 2.07. The van der Waals surface area contributed by atoms with Crippen LogP contribution in [0.15, 0.2) is 0 Å². The summed E-state index contributed by atoms with van der Waals surface area (Å²) in [7, 11) is 0. The van der Waals surface area contributed by atoms with Gasteiger partial charge in [0.25, 0.3) is 0 Å². The molecule has 0 N–H and O–H groups in total. The fraction of sp³-hybridized carbons (Fsp3) is 0.917. The Labute approximate surface area is 92.4 Å². The van der Waals surface area contributed by atoms with E-state index < -0.39 is 6.17 Å². The molecule has 2 aliphatic heterocycles. The maximum absolute atomic E-state index is 12.9. The van der Waals surface area contributed by atoms with Crippen molar-refractivity contribution in [3.63, 3.8) is 0 Å². The van der Waals surface area contributed by atoms with Gasteiger partial charge in [-0.25, -0.2) is 4.39 Å². The van der Waals surface area contributed by atoms with Crippen LogP contribution < -0.4 is 0 Å². The van der Waals surface area contributed by atoms with Crippen LogP contribution in [0.25, 0.3) is 0 Å². The third-order valence-electron chi connectivity index (χ3n) is 3.51. The molecule has 15 heavy (non-hydrogen) atoms. The van der Waals surface area contributed by atoms with E-state index in [4.69, 9.17) is 0 Å². The summed E-state index contributed by atoms with van der Waals surface area (Å²) in [6.45, 7) is 7.65. The first-order chi connectivity index (χ1) is 7.34. The minimum Gasteiger partial charge on any atom is -0.302 e. The molecule has 0 aromatic rings. The van der Waals surface area contributed by atoms with Crippen molar-refractivity contribution in [1.29, 1.82) is 0 Å². The summed E-state index contributed by atoms with van der Waals surface area (Å²) in [5.41, 5.74) is 0. The zero-order chi connectivity index (χ0) is 10.5. The van der Waals surface area contributed by atoms with Crippen LogP contribution in [0.4, 0.5) is 4.39 Å². The van der Waals surface area contributed by atoms with E-state index in [1.165, 1.54) is 32.4 Å². The lowest BCUT2D eigenvalue weighted by Crippen LogP contribution is -2.39. The second kappa shape index (κ2) is 5.80. The Morgan fingerprint density at radius 3 is 2.33 bits per heavy atom. The Balaban J connectivity index is 1.60. The lowest BCUT2D eigenvalue weighted by Gasteiger charge is -2.32. The van der Waals surface area contributed by atoms with E-state index in [0.29, 0.717) is 0 Å². The van der Waals surface area contributed by atoms with Crippen LogP contribution in [0.1, 0.15) is 32.1 Å². The number of likely N-dealkylation sites (tertiary alicyclic amines) is 2. The second-order valence-corrected chi connectivity index (χ2v) is 4.75. The Hall–Kier alpha value is -0.150. The maximum Gasteiger partial charge on any atom is 0.103 e. The Morgan fingerprint density at radius 1 is 1.00 bits per heavy atom. The van der Waals surface area contributed by atoms with Gasteiger partial charge in [-0.2, -0.15) is 0 Å². The molecule has 0 amide bonds. The number of halogens is 1. The molecule has 2 saturated heterocycles. The van der Waals surface area contributed by atoms with Gasteiger partial charge in [0.15, 0.2) is 0 Å². The smallest absolute Gasteiger partial charge is 0.103 e. The molecule has 2 rings (SSSR count). The molecule has 2 fully saturated rings. The molecule has 0 saturated carbocycles. The van der Waals surface area contributed by atoms with E-state index in [1.54, 1.807) is 0 Å². The maximum atomic E-state index is 12.9. The molecule has 3 heteroatoms. The highest BCUT2D eigenvalue weighted by Crippen LogP contribution is 2.15. The van der Waals surface area contributed by atoms with E-state index in [2.05, 4.69) is 16.3 Å². The van der Waals surface area contributed by atoms with Crippen LogP contribution in [0.3, 0.4) is 0 Å². The SMILES string of the molecule is FC1CCN(C[CH]N2CCCCC2)CC1. The second-order valence-electron chi connectivity index (χ2n) is 4.75. The van der Waals surface area contributed by atoms with Gasteiger partial charge in [-0.15, -0.1) is 0 Å². The minimum absolute atomic E-state index is 0.545. The molecule has 0 atom stereocenters. The number of alkyl halides is 1. The van der Waals surface area contributed by atoms with Gasteiger partial charge in [0.05, 0.1) is 0 Å². The van der Waals surface area contributed by atoms with Gasteiger partial charge in [-0.1, -0.05) is 6.42 Å². The molecule has 1 radical (unpaired) electrons. The first kappa shape index (κ1) is 11.3. The number of hydrogen-bond donors (Lipinski definition) is 0. The highest BCUT2D eigenvalue weighted by molar-refractivity contribution is 4.79. The van der Waals surface area contributed by atoms with Crippen LogP contribution in [-0.4, -0.2) is 48.7 Å². The lowest BCUT2D eigenvalue weighted by atomic mass is 10.1. The summed E-state index contributed by atoms with van der Waals surface area (Å²) in [5, 5.41) is 0. The summed E-state index contributed by atoms with van der Waals surface area (Å²) in [6.07, 6.45) is 4.97. The van der Waals surface area contributed by atoms with Crippen molar-refractivity contribution >= 4 is 0 Å². The number of rotatable bonds is 3. The third-order valence-corrected chi connectivity index (χ3v) is 3.51. The zero-order valence-corrected chi connectivity index (χ0v) is 9.50. The molecular formula is C12H22FN2. The average molecular weight is 213 g/mol. The Morgan fingerprint density at radius 2 is 1.67 bits per heavy atom. The summed E-state index contributed by atoms with van der Waals surface area (Å²) in [5.74, 6) is 0. The molecule has 0 aromatic carbocycles. The average Bonchev–Trinajstić information content (AvgIpc) is 2.30. The van der Waals surface area contributed by atoms with Crippen molar-refractivity contribution in [3.05, 3.63) is 6.54 Å². The molecule has 87 valence electrons. The van der Waals surface area contributed by atoms with Gasteiger partial charge in [0, 0.05) is 26.2 Å². The molecule has 2 nitrogen and oxygen atoms in total. The fourth-order valence-electron chi connectivity index (χ4n) is 2.42. The van der Waals surface area contributed by atoms with E-state index in [9.17, 15) is 4.39 Å². The predicted molar refractivity (Wildman–Crippen MR) is 60.3 cm³/mol. The number of piperidine rings is 2. The summed E-state index contributed by atoms with van der Waals surface area (Å²) in [6, 6.07) is 0. The van der Waals surface area contributed by atoms with Crippen molar-refractivity contribution in [1.82, 2.24) is 9.80 Å². The molecule has 0 unspecified atom stereocenters. The number of nitrogens with zero attached hydrogens (tertiary/aromatic N) is 2. The summed E-state index contributed by atoms with van der Waals surface area (Å²) in [4.78, 5) is 4.80. The molecule has 0 aliphatic carbocycles. The molecule has 0 bridgehead atoms. The van der Waals surface area contributed by atoms with E-state index in [-0.39, 0.29) is 0 Å². The van der Waals surface area contributed by atoms with E-state index >= 15 is 0 Å². The quantitative estimate of drug-likeness (QED) is 0.708. The molecule has 2 aliphatic rings. The van der Waals surface area contributed by atoms with E-state index in [1.807, 2.05) is 0 Å². The zero-order valence-electron chi connectivity index (χ0n) is 9.50. The van der Waals surface area contributed by atoms with Crippen LogP contribution >= 0.6 is 0 Å². The summed E-state index contributed by atoms with van der Waals surface area (Å²) >= 11 is 0. The summed E-state index contributed by atoms with van der Waals surface area (Å²) < 4.78 is 12.9. The molecule has 2 heterocycles. The molecular weight excluding hydrogens is 191 g/mol. The topological polar surface area (TPSA) is 6.48 Å². The van der Waals surface area contributed by atoms with Crippen LogP contribution in [0.5, 0.6) is 0 Å². The van der Waals surface area contributed by atoms with Gasteiger partial charge in [-0.3, -0.25) is 4.90 Å². The van der Waals surface area contributed by atoms with Crippen molar-refractivity contribution in [2.24, 2.45) is 0 Å². The largest absolute Gasteiger partial charge is 0.302 e. The highest BCUT2D eigenvalue weighted by Gasteiger charge is 2.19. The van der Waals surface area contributed by atoms with Gasteiger partial charge in [0.2, 0.25) is 0 Å². The third kappa shape index (κ3) is 3.72. The molecule has 0 spiro atoms. The standard InChI is InChI=1S/C12H22FN2/c13-12-4-8-15(9-5-12)11-10-14-6-2-1-3-7-14/h10,12H,1-9,11H2. The van der Waals surface area contributed by atoms with Gasteiger partial charge in [-0.05, 0) is 38.8 Å². The van der Waals surface area contributed by atoms with Crippen molar-refractivity contribution in [3.8, 4) is 0 Å². The fourth-order valence-corrected chi connectivity index (χ4v) is 2.42. The monoisotopic (exact) mass is 213 g/mol. The van der Waals surface area contributed by atoms with Crippen LogP contribution in [-0.2, 0) is 0 Å². The minimum atomic E-state index is -0.545. The van der Waals surface area contributed by atoms with Crippen molar-refractivity contribution in [2.45, 2.75) is 38.3 Å². The van der Waals surface area contributed by atoms with Gasteiger partial charge < -0.3 is 4.90 Å².